The lowest BCUT2D eigenvalue weighted by molar-refractivity contribution is -0.287. The van der Waals surface area contributed by atoms with Crippen molar-refractivity contribution in [3.8, 4) is 17.2 Å². The van der Waals surface area contributed by atoms with E-state index in [2.05, 4.69) is 14.8 Å². The molecule has 2 aliphatic heterocycles. The highest BCUT2D eigenvalue weighted by Crippen LogP contribution is 2.47. The Morgan fingerprint density at radius 2 is 1.61 bits per heavy atom. The summed E-state index contributed by atoms with van der Waals surface area (Å²) in [6.07, 6.45) is -8.56. The number of nitrogens with one attached hydrogen (secondary N) is 1. The van der Waals surface area contributed by atoms with E-state index in [1.165, 1.54) is 30.3 Å². The number of piperazine rings is 1. The second kappa shape index (κ2) is 9.64. The van der Waals surface area contributed by atoms with E-state index in [1.54, 1.807) is 12.1 Å². The van der Waals surface area contributed by atoms with Gasteiger partial charge in [-0.15, -0.1) is 46.8 Å². The van der Waals surface area contributed by atoms with E-state index in [0.717, 1.165) is 0 Å². The van der Waals surface area contributed by atoms with Crippen molar-refractivity contribution in [2.45, 2.75) is 18.7 Å². The lowest BCUT2D eigenvalue weighted by Gasteiger charge is -2.36. The van der Waals surface area contributed by atoms with Gasteiger partial charge in [0.05, 0.1) is 6.04 Å². The maximum atomic E-state index is 13.6. The SMILES string of the molecule is Cl.Cl.FC(F)(F)Oc1ccc([C@H](c2cccc3c2OC(F)(F)O3)N2CCNCC2)cc1. The Balaban J connectivity index is 0.00000171. The van der Waals surface area contributed by atoms with Crippen molar-refractivity contribution in [2.24, 2.45) is 0 Å². The van der Waals surface area contributed by atoms with Gasteiger partial charge in [-0.25, -0.2) is 0 Å². The average Bonchev–Trinajstić information content (AvgIpc) is 2.98. The molecule has 0 aliphatic carbocycles. The quantitative estimate of drug-likeness (QED) is 0.629. The third-order valence-corrected chi connectivity index (χ3v) is 4.70. The second-order valence-electron chi connectivity index (χ2n) is 6.65. The van der Waals surface area contributed by atoms with E-state index in [4.69, 9.17) is 4.74 Å². The number of hydrogen-bond acceptors (Lipinski definition) is 5. The van der Waals surface area contributed by atoms with Gasteiger partial charge in [0.1, 0.15) is 5.75 Å². The van der Waals surface area contributed by atoms with Crippen molar-refractivity contribution in [2.75, 3.05) is 26.2 Å². The van der Waals surface area contributed by atoms with E-state index >= 15 is 0 Å². The molecule has 1 saturated heterocycles. The second-order valence-corrected chi connectivity index (χ2v) is 6.65. The molecule has 31 heavy (non-hydrogen) atoms. The largest absolute Gasteiger partial charge is 0.586 e. The van der Waals surface area contributed by atoms with Crippen LogP contribution in [-0.2, 0) is 0 Å². The standard InChI is InChI=1S/C19H17F5N2O3.2ClH/c20-18(21,22)27-13-6-4-12(5-7-13)16(26-10-8-25-9-11-26)14-2-1-3-15-17(14)29-19(23,24)28-15;;/h1-7,16,25H,8-11H2;2*1H/t16-;;/m1../s1. The van der Waals surface area contributed by atoms with Gasteiger partial charge >= 0.3 is 12.7 Å². The first-order chi connectivity index (χ1) is 13.7. The molecule has 1 N–H and O–H groups in total. The molecule has 2 aliphatic rings. The smallest absolute Gasteiger partial charge is 0.406 e. The normalized spacial score (nSPS) is 18.5. The van der Waals surface area contributed by atoms with Crippen LogP contribution in [0.3, 0.4) is 0 Å². The van der Waals surface area contributed by atoms with Crippen molar-refractivity contribution in [1.29, 1.82) is 0 Å². The first kappa shape index (κ1) is 25.3. The van der Waals surface area contributed by atoms with Gasteiger partial charge in [0.25, 0.3) is 0 Å². The molecule has 0 aromatic heterocycles. The van der Waals surface area contributed by atoms with Crippen LogP contribution in [0.5, 0.6) is 17.2 Å². The molecule has 0 spiro atoms. The molecule has 1 fully saturated rings. The molecule has 0 bridgehead atoms. The molecule has 0 unspecified atom stereocenters. The van der Waals surface area contributed by atoms with Gasteiger partial charge in [0, 0.05) is 31.7 Å². The minimum atomic E-state index is -4.80. The third kappa shape index (κ3) is 5.82. The van der Waals surface area contributed by atoms with Gasteiger partial charge in [-0.1, -0.05) is 24.3 Å². The van der Waals surface area contributed by atoms with Crippen molar-refractivity contribution in [3.05, 3.63) is 53.6 Å². The van der Waals surface area contributed by atoms with Crippen LogP contribution >= 0.6 is 24.8 Å². The van der Waals surface area contributed by atoms with Crippen LogP contribution < -0.4 is 19.5 Å². The predicted molar refractivity (Wildman–Crippen MR) is 107 cm³/mol. The number of benzene rings is 2. The molecule has 0 amide bonds. The lowest BCUT2D eigenvalue weighted by atomic mass is 9.95. The summed E-state index contributed by atoms with van der Waals surface area (Å²) in [6, 6.07) is 9.48. The van der Waals surface area contributed by atoms with Crippen molar-refractivity contribution >= 4 is 24.8 Å². The Hall–Kier alpha value is -2.01. The lowest BCUT2D eigenvalue weighted by Crippen LogP contribution is -2.45. The summed E-state index contributed by atoms with van der Waals surface area (Å²) >= 11 is 0. The zero-order valence-electron chi connectivity index (χ0n) is 15.8. The zero-order valence-corrected chi connectivity index (χ0v) is 17.5. The molecule has 12 heteroatoms. The van der Waals surface area contributed by atoms with Gasteiger partial charge < -0.3 is 19.5 Å². The number of alkyl halides is 5. The monoisotopic (exact) mass is 488 g/mol. The van der Waals surface area contributed by atoms with E-state index in [0.29, 0.717) is 37.3 Å². The van der Waals surface area contributed by atoms with Crippen molar-refractivity contribution in [3.63, 3.8) is 0 Å². The number of para-hydroxylation sites is 1. The van der Waals surface area contributed by atoms with E-state index in [1.807, 2.05) is 4.90 Å². The molecule has 0 saturated carbocycles. The van der Waals surface area contributed by atoms with Gasteiger partial charge in [0.2, 0.25) is 0 Å². The average molecular weight is 489 g/mol. The van der Waals surface area contributed by atoms with Crippen LogP contribution in [0, 0.1) is 0 Å². The van der Waals surface area contributed by atoms with Crippen LogP contribution in [-0.4, -0.2) is 43.7 Å². The molecule has 5 nitrogen and oxygen atoms in total. The maximum Gasteiger partial charge on any atom is 0.586 e. The summed E-state index contributed by atoms with van der Waals surface area (Å²) in [6.45, 7) is 2.61. The molecule has 172 valence electrons. The fraction of sp³-hybridized carbons (Fsp3) is 0.368. The van der Waals surface area contributed by atoms with E-state index in [-0.39, 0.29) is 42.1 Å². The fourth-order valence-electron chi connectivity index (χ4n) is 3.58. The number of fused-ring (bicyclic) bond motifs is 1. The Morgan fingerprint density at radius 3 is 2.23 bits per heavy atom. The van der Waals surface area contributed by atoms with E-state index < -0.39 is 18.7 Å². The molecule has 2 aromatic rings. The Morgan fingerprint density at radius 1 is 0.968 bits per heavy atom. The minimum Gasteiger partial charge on any atom is -0.406 e. The summed E-state index contributed by atoms with van der Waals surface area (Å²) < 4.78 is 77.8. The fourth-order valence-corrected chi connectivity index (χ4v) is 3.58. The third-order valence-electron chi connectivity index (χ3n) is 4.70. The molecule has 2 heterocycles. The Kier molecular flexibility index (Phi) is 7.85. The number of ether oxygens (including phenoxy) is 3. The minimum absolute atomic E-state index is 0. The van der Waals surface area contributed by atoms with Crippen LogP contribution in [0.15, 0.2) is 42.5 Å². The number of halogens is 7. The summed E-state index contributed by atoms with van der Waals surface area (Å²) in [5.41, 5.74) is 1.07. The van der Waals surface area contributed by atoms with Gasteiger partial charge in [0.15, 0.2) is 11.5 Å². The number of nitrogens with zero attached hydrogens (tertiary/aromatic N) is 1. The van der Waals surface area contributed by atoms with Gasteiger partial charge in [-0.05, 0) is 23.8 Å². The zero-order chi connectivity index (χ0) is 20.6. The van der Waals surface area contributed by atoms with Gasteiger partial charge in [-0.2, -0.15) is 0 Å². The Bertz CT molecular complexity index is 878. The summed E-state index contributed by atoms with van der Waals surface area (Å²) in [5.74, 6) is -0.508. The summed E-state index contributed by atoms with van der Waals surface area (Å²) in [4.78, 5) is 2.05. The highest BCUT2D eigenvalue weighted by molar-refractivity contribution is 5.85. The number of rotatable bonds is 4. The number of hydrogen-bond donors (Lipinski definition) is 1. The summed E-state index contributed by atoms with van der Waals surface area (Å²) in [7, 11) is 0. The molecular weight excluding hydrogens is 470 g/mol. The molecule has 0 radical (unpaired) electrons. The van der Waals surface area contributed by atoms with Crippen molar-refractivity contribution < 1.29 is 36.2 Å². The van der Waals surface area contributed by atoms with Crippen molar-refractivity contribution in [1.82, 2.24) is 10.2 Å². The van der Waals surface area contributed by atoms with Crippen LogP contribution in [0.4, 0.5) is 22.0 Å². The summed E-state index contributed by atoms with van der Waals surface area (Å²) in [5, 5.41) is 3.21. The van der Waals surface area contributed by atoms with Crippen LogP contribution in [0.25, 0.3) is 0 Å². The van der Waals surface area contributed by atoms with Crippen LogP contribution in [0.1, 0.15) is 17.2 Å². The molecular formula is C19H19Cl2F5N2O3. The Labute approximate surface area is 187 Å². The maximum absolute atomic E-state index is 13.6. The predicted octanol–water partition coefficient (Wildman–Crippen LogP) is 4.74. The topological polar surface area (TPSA) is 43.0 Å². The molecule has 4 rings (SSSR count). The first-order valence-electron chi connectivity index (χ1n) is 8.91. The van der Waals surface area contributed by atoms with Gasteiger partial charge in [-0.3, -0.25) is 4.90 Å². The van der Waals surface area contributed by atoms with Crippen LogP contribution in [0.2, 0.25) is 0 Å². The molecule has 1 atom stereocenters. The highest BCUT2D eigenvalue weighted by atomic mass is 35.5. The molecule has 2 aromatic carbocycles. The first-order valence-corrected chi connectivity index (χ1v) is 8.91. The van der Waals surface area contributed by atoms with E-state index in [9.17, 15) is 22.0 Å². The highest BCUT2D eigenvalue weighted by Gasteiger charge is 2.45.